The highest BCUT2D eigenvalue weighted by atomic mass is 16.3. The Hall–Kier alpha value is -7.23. The monoisotopic (exact) mass is 703 g/mol. The van der Waals surface area contributed by atoms with Gasteiger partial charge in [0.2, 0.25) is 0 Å². The molecule has 3 nitrogen and oxygen atoms in total. The van der Waals surface area contributed by atoms with Crippen molar-refractivity contribution < 1.29 is 8.83 Å². The number of benzene rings is 8. The Balaban J connectivity index is 1.13. The van der Waals surface area contributed by atoms with Gasteiger partial charge < -0.3 is 8.83 Å². The molecule has 0 bridgehead atoms. The van der Waals surface area contributed by atoms with Crippen LogP contribution in [0.4, 0.5) is 0 Å². The van der Waals surface area contributed by atoms with Crippen LogP contribution in [0.3, 0.4) is 0 Å². The van der Waals surface area contributed by atoms with Crippen molar-refractivity contribution in [1.29, 1.82) is 0 Å². The van der Waals surface area contributed by atoms with Crippen molar-refractivity contribution >= 4 is 71.6 Å². The molecule has 55 heavy (non-hydrogen) atoms. The van der Waals surface area contributed by atoms with Crippen molar-refractivity contribution in [1.82, 2.24) is 0 Å². The van der Waals surface area contributed by atoms with Gasteiger partial charge >= 0.3 is 0 Å². The second-order valence-electron chi connectivity index (χ2n) is 14.2. The van der Waals surface area contributed by atoms with Crippen LogP contribution in [0.15, 0.2) is 202 Å². The number of rotatable bonds is 5. The van der Waals surface area contributed by atoms with E-state index < -0.39 is 0 Å². The first-order valence-electron chi connectivity index (χ1n) is 18.7. The van der Waals surface area contributed by atoms with Gasteiger partial charge in [-0.05, 0) is 87.0 Å². The minimum absolute atomic E-state index is 0.754. The maximum Gasteiger partial charge on any atom is 0.143 e. The first-order valence-corrected chi connectivity index (χ1v) is 18.7. The zero-order valence-electron chi connectivity index (χ0n) is 29.9. The molecule has 0 N–H and O–H groups in total. The second-order valence-corrected chi connectivity index (χ2v) is 14.2. The van der Waals surface area contributed by atoms with E-state index in [1.807, 2.05) is 6.07 Å². The lowest BCUT2D eigenvalue weighted by atomic mass is 9.92. The summed E-state index contributed by atoms with van der Waals surface area (Å²) in [5.41, 5.74) is 14.2. The van der Waals surface area contributed by atoms with Crippen LogP contribution in [0.1, 0.15) is 23.1 Å². The smallest absolute Gasteiger partial charge is 0.143 e. The average molecular weight is 704 g/mol. The van der Waals surface area contributed by atoms with Gasteiger partial charge in [0.25, 0.3) is 0 Å². The third-order valence-corrected chi connectivity index (χ3v) is 11.0. The van der Waals surface area contributed by atoms with E-state index in [-0.39, 0.29) is 0 Å². The largest absolute Gasteiger partial charge is 0.456 e. The summed E-state index contributed by atoms with van der Waals surface area (Å²) in [6, 6.07) is 61.8. The lowest BCUT2D eigenvalue weighted by Gasteiger charge is -2.11. The van der Waals surface area contributed by atoms with Crippen LogP contribution in [0, 0.1) is 0 Å². The maximum absolute atomic E-state index is 6.87. The van der Waals surface area contributed by atoms with Crippen LogP contribution in [-0.2, 0) is 0 Å². The maximum atomic E-state index is 6.87. The van der Waals surface area contributed by atoms with E-state index in [9.17, 15) is 0 Å². The molecule has 8 aromatic carbocycles. The van der Waals surface area contributed by atoms with Crippen LogP contribution >= 0.6 is 0 Å². The topological polar surface area (TPSA) is 38.6 Å². The Kier molecular flexibility index (Phi) is 7.24. The summed E-state index contributed by atoms with van der Waals surface area (Å²) in [5.74, 6) is 0. The summed E-state index contributed by atoms with van der Waals surface area (Å²) >= 11 is 0. The molecule has 258 valence electrons. The molecule has 0 saturated carbocycles. The molecule has 1 aliphatic heterocycles. The summed E-state index contributed by atoms with van der Waals surface area (Å²) in [5, 5.41) is 6.62. The summed E-state index contributed by atoms with van der Waals surface area (Å²) in [7, 11) is 0. The summed E-state index contributed by atoms with van der Waals surface area (Å²) in [6.45, 7) is 0. The van der Waals surface area contributed by atoms with Crippen molar-refractivity contribution in [3.63, 3.8) is 0 Å². The number of aliphatic imine (C=N–C) groups is 1. The molecule has 3 heteroatoms. The van der Waals surface area contributed by atoms with E-state index in [1.54, 1.807) is 0 Å². The molecule has 0 spiro atoms. The van der Waals surface area contributed by atoms with Gasteiger partial charge in [-0.1, -0.05) is 152 Å². The Bertz CT molecular complexity index is 3200. The van der Waals surface area contributed by atoms with Crippen LogP contribution in [0.5, 0.6) is 0 Å². The minimum atomic E-state index is 0.754. The third-order valence-electron chi connectivity index (χ3n) is 11.0. The van der Waals surface area contributed by atoms with E-state index in [0.717, 1.165) is 89.3 Å². The molecule has 0 aliphatic carbocycles. The quantitative estimate of drug-likeness (QED) is 0.179. The average Bonchev–Trinajstić information content (AvgIpc) is 3.73. The fourth-order valence-electron chi connectivity index (χ4n) is 8.27. The minimum Gasteiger partial charge on any atom is -0.456 e. The number of nitrogens with zero attached hydrogens (tertiary/aromatic N) is 1. The van der Waals surface area contributed by atoms with Gasteiger partial charge in [-0.2, -0.15) is 0 Å². The highest BCUT2D eigenvalue weighted by Crippen LogP contribution is 2.44. The number of hydrogen-bond donors (Lipinski definition) is 0. The van der Waals surface area contributed by atoms with Gasteiger partial charge in [-0.3, -0.25) is 0 Å². The molecule has 0 amide bonds. The lowest BCUT2D eigenvalue weighted by Crippen LogP contribution is -2.00. The fraction of sp³-hybridized carbons (Fsp3) is 0.0192. The molecule has 10 aromatic rings. The van der Waals surface area contributed by atoms with Gasteiger partial charge in [0.05, 0.1) is 11.4 Å². The molecule has 11 rings (SSSR count). The fourth-order valence-corrected chi connectivity index (χ4v) is 8.27. The van der Waals surface area contributed by atoms with E-state index >= 15 is 0 Å². The zero-order valence-corrected chi connectivity index (χ0v) is 29.9. The Morgan fingerprint density at radius 1 is 0.418 bits per heavy atom. The molecule has 0 radical (unpaired) electrons. The van der Waals surface area contributed by atoms with E-state index in [1.165, 1.54) is 27.6 Å². The summed E-state index contributed by atoms with van der Waals surface area (Å²) in [4.78, 5) is 5.49. The van der Waals surface area contributed by atoms with Crippen LogP contribution in [-0.4, -0.2) is 5.71 Å². The number of fused-ring (bicyclic) bond motifs is 7. The first kappa shape index (κ1) is 31.3. The predicted molar refractivity (Wildman–Crippen MR) is 229 cm³/mol. The number of allylic oxidation sites excluding steroid dienone is 3. The van der Waals surface area contributed by atoms with Gasteiger partial charge in [0, 0.05) is 32.7 Å². The van der Waals surface area contributed by atoms with Crippen molar-refractivity contribution in [2.24, 2.45) is 4.99 Å². The van der Waals surface area contributed by atoms with Crippen molar-refractivity contribution in [2.45, 2.75) is 6.42 Å². The molecule has 0 unspecified atom stereocenters. The van der Waals surface area contributed by atoms with Crippen LogP contribution < -0.4 is 0 Å². The summed E-state index contributed by atoms with van der Waals surface area (Å²) in [6.07, 6.45) is 5.28. The molecule has 0 saturated heterocycles. The molecule has 3 heterocycles. The highest BCUT2D eigenvalue weighted by Gasteiger charge is 2.23. The van der Waals surface area contributed by atoms with Crippen molar-refractivity contribution in [3.8, 4) is 22.3 Å². The molecule has 1 aliphatic rings. The highest BCUT2D eigenvalue weighted by molar-refractivity contribution is 6.27. The molecule has 2 aromatic heterocycles. The van der Waals surface area contributed by atoms with Gasteiger partial charge in [0.15, 0.2) is 0 Å². The number of furan rings is 2. The molecular weight excluding hydrogens is 671 g/mol. The van der Waals surface area contributed by atoms with Crippen molar-refractivity contribution in [3.05, 3.63) is 205 Å². The van der Waals surface area contributed by atoms with Crippen LogP contribution in [0.2, 0.25) is 0 Å². The lowest BCUT2D eigenvalue weighted by molar-refractivity contribution is 0.669. The van der Waals surface area contributed by atoms with E-state index in [0.29, 0.717) is 0 Å². The molecular formula is C52H33NO2. The van der Waals surface area contributed by atoms with E-state index in [2.05, 4.69) is 182 Å². The standard InChI is InChI=1S/C52H33NO2/c1-3-12-33(13-4-1)35-22-24-36(25-23-35)45-29-26-39(34-14-5-2-6-15-34)31-46(53-45)42-28-27-41(52-51(42)43-18-9-10-20-47(43)55-52)40-19-11-21-48-50(40)44-30-37-16-7-8-17-38(37)32-49(44)54-48/h1-25,27-32H,26H2. The number of para-hydroxylation sites is 1. The zero-order chi connectivity index (χ0) is 36.3. The van der Waals surface area contributed by atoms with E-state index in [4.69, 9.17) is 13.8 Å². The Labute approximate surface area is 317 Å². The molecule has 0 fully saturated rings. The Morgan fingerprint density at radius 2 is 1.07 bits per heavy atom. The Morgan fingerprint density at radius 3 is 1.89 bits per heavy atom. The molecule has 0 atom stereocenters. The first-order chi connectivity index (χ1) is 27.2. The normalized spacial score (nSPS) is 13.3. The SMILES string of the molecule is C1=C(c2ccccc2)CC=C(c2ccc(-c3ccccc3)cc2)N=C1c1ccc(-c2cccc3oc4cc5ccccc5cc4c23)c2oc3ccccc3c12. The third kappa shape index (κ3) is 5.32. The summed E-state index contributed by atoms with van der Waals surface area (Å²) < 4.78 is 13.4. The number of hydrogen-bond acceptors (Lipinski definition) is 3. The second kappa shape index (κ2) is 12.7. The van der Waals surface area contributed by atoms with Crippen LogP contribution in [0.25, 0.3) is 88.2 Å². The van der Waals surface area contributed by atoms with Crippen molar-refractivity contribution in [2.75, 3.05) is 0 Å². The van der Waals surface area contributed by atoms with Gasteiger partial charge in [-0.25, -0.2) is 4.99 Å². The van der Waals surface area contributed by atoms with Gasteiger partial charge in [0.1, 0.15) is 22.3 Å². The van der Waals surface area contributed by atoms with Gasteiger partial charge in [-0.15, -0.1) is 0 Å². The predicted octanol–water partition coefficient (Wildman–Crippen LogP) is 14.3.